The van der Waals surface area contributed by atoms with Crippen molar-refractivity contribution in [2.45, 2.75) is 30.3 Å². The predicted molar refractivity (Wildman–Crippen MR) is 102 cm³/mol. The Labute approximate surface area is 161 Å². The number of carbonyl (C=O) groups excluding carboxylic acids is 2. The number of fused-ring (bicyclic) bond motifs is 1. The lowest BCUT2D eigenvalue weighted by molar-refractivity contribution is -0.155. The van der Waals surface area contributed by atoms with Crippen LogP contribution in [0, 0.1) is 11.7 Å². The fourth-order valence-electron chi connectivity index (χ4n) is 3.50. The Bertz CT molecular complexity index is 887. The number of benzene rings is 2. The van der Waals surface area contributed by atoms with E-state index in [0.717, 1.165) is 16.3 Å². The number of amides is 1. The number of carbonyl (C=O) groups is 2. The maximum Gasteiger partial charge on any atom is 0.310 e. The molecule has 2 aliphatic rings. The maximum atomic E-state index is 13.9. The molecule has 2 aromatic rings. The highest BCUT2D eigenvalue weighted by atomic mass is 32.2. The van der Waals surface area contributed by atoms with Gasteiger partial charge in [0, 0.05) is 23.1 Å². The molecule has 0 radical (unpaired) electrons. The Hall–Kier alpha value is -2.34. The summed E-state index contributed by atoms with van der Waals surface area (Å²) in [5.41, 5.74) is 1.40. The topological polar surface area (TPSA) is 46.6 Å². The minimum absolute atomic E-state index is 0.159. The average Bonchev–Trinajstić information content (AvgIpc) is 3.48. The van der Waals surface area contributed by atoms with Gasteiger partial charge < -0.3 is 9.64 Å². The number of hydrogen-bond acceptors (Lipinski definition) is 4. The Balaban J connectivity index is 1.40. The number of halogens is 1. The van der Waals surface area contributed by atoms with E-state index in [2.05, 4.69) is 0 Å². The molecule has 0 aromatic heterocycles. The third kappa shape index (κ3) is 3.58. The van der Waals surface area contributed by atoms with Crippen molar-refractivity contribution in [2.24, 2.45) is 5.92 Å². The zero-order valence-electron chi connectivity index (χ0n) is 14.9. The number of thioether (sulfide) groups is 1. The van der Waals surface area contributed by atoms with E-state index in [1.54, 1.807) is 41.8 Å². The van der Waals surface area contributed by atoms with E-state index in [9.17, 15) is 14.0 Å². The summed E-state index contributed by atoms with van der Waals surface area (Å²) in [5.74, 6) is -0.678. The largest absolute Gasteiger partial charge is 0.452 e. The smallest absolute Gasteiger partial charge is 0.310 e. The molecule has 140 valence electrons. The number of anilines is 1. The monoisotopic (exact) mass is 385 g/mol. The normalized spacial score (nSPS) is 21.9. The summed E-state index contributed by atoms with van der Waals surface area (Å²) in [6, 6.07) is 14.2. The van der Waals surface area contributed by atoms with E-state index in [0.29, 0.717) is 18.5 Å². The van der Waals surface area contributed by atoms with Gasteiger partial charge in [0.2, 0.25) is 0 Å². The van der Waals surface area contributed by atoms with Crippen LogP contribution in [0.2, 0.25) is 0 Å². The van der Waals surface area contributed by atoms with Gasteiger partial charge in [0.15, 0.2) is 6.10 Å². The summed E-state index contributed by atoms with van der Waals surface area (Å²) in [6.45, 7) is 2.19. The van der Waals surface area contributed by atoms with Gasteiger partial charge >= 0.3 is 5.97 Å². The lowest BCUT2D eigenvalue weighted by atomic mass is 10.1. The number of para-hydroxylation sites is 1. The molecule has 1 aliphatic heterocycles. The van der Waals surface area contributed by atoms with Crippen molar-refractivity contribution in [3.63, 3.8) is 0 Å². The van der Waals surface area contributed by atoms with Gasteiger partial charge in [-0.3, -0.25) is 9.59 Å². The SMILES string of the molecule is C[C@H](OC(=O)[C@@H]1C[C@H]1c1ccccc1F)C(=O)N1CCSc2ccccc21. The number of hydrogen-bond donors (Lipinski definition) is 0. The highest BCUT2D eigenvalue weighted by molar-refractivity contribution is 7.99. The van der Waals surface area contributed by atoms with Gasteiger partial charge in [-0.1, -0.05) is 30.3 Å². The molecule has 4 nitrogen and oxygen atoms in total. The first-order valence-electron chi connectivity index (χ1n) is 9.04. The van der Waals surface area contributed by atoms with Gasteiger partial charge in [-0.25, -0.2) is 4.39 Å². The van der Waals surface area contributed by atoms with Crippen molar-refractivity contribution in [1.82, 2.24) is 0 Å². The first-order chi connectivity index (χ1) is 13.1. The van der Waals surface area contributed by atoms with Crippen molar-refractivity contribution in [1.29, 1.82) is 0 Å². The van der Waals surface area contributed by atoms with Crippen molar-refractivity contribution in [3.8, 4) is 0 Å². The zero-order valence-corrected chi connectivity index (χ0v) is 15.7. The molecule has 3 atom stereocenters. The molecule has 27 heavy (non-hydrogen) atoms. The predicted octanol–water partition coefficient (Wildman–Crippen LogP) is 4.00. The lowest BCUT2D eigenvalue weighted by Crippen LogP contribution is -2.43. The van der Waals surface area contributed by atoms with Crippen LogP contribution >= 0.6 is 11.8 Å². The summed E-state index contributed by atoms with van der Waals surface area (Å²) in [7, 11) is 0. The second kappa shape index (κ2) is 7.35. The molecule has 4 rings (SSSR count). The van der Waals surface area contributed by atoms with Gasteiger partial charge in [-0.2, -0.15) is 0 Å². The summed E-state index contributed by atoms with van der Waals surface area (Å²) in [6.07, 6.45) is -0.306. The van der Waals surface area contributed by atoms with Gasteiger partial charge in [0.1, 0.15) is 5.82 Å². The van der Waals surface area contributed by atoms with Crippen LogP contribution < -0.4 is 4.90 Å². The number of rotatable bonds is 4. The Morgan fingerprint density at radius 3 is 2.74 bits per heavy atom. The molecule has 1 aliphatic carbocycles. The molecule has 2 aromatic carbocycles. The molecule has 1 heterocycles. The zero-order chi connectivity index (χ0) is 19.0. The van der Waals surface area contributed by atoms with Crippen LogP contribution in [0.15, 0.2) is 53.4 Å². The van der Waals surface area contributed by atoms with E-state index in [1.165, 1.54) is 6.07 Å². The Morgan fingerprint density at radius 1 is 1.19 bits per heavy atom. The molecule has 0 N–H and O–H groups in total. The van der Waals surface area contributed by atoms with Crippen molar-refractivity contribution < 1.29 is 18.7 Å². The summed E-state index contributed by atoms with van der Waals surface area (Å²) < 4.78 is 19.3. The minimum Gasteiger partial charge on any atom is -0.452 e. The maximum absolute atomic E-state index is 13.9. The van der Waals surface area contributed by atoms with E-state index in [1.807, 2.05) is 24.3 Å². The number of nitrogens with zero attached hydrogens (tertiary/aromatic N) is 1. The second-order valence-corrected chi connectivity index (χ2v) is 7.99. The molecule has 1 saturated carbocycles. The highest BCUT2D eigenvalue weighted by Crippen LogP contribution is 2.49. The van der Waals surface area contributed by atoms with Gasteiger partial charge in [0.05, 0.1) is 11.6 Å². The summed E-state index contributed by atoms with van der Waals surface area (Å²) in [5, 5.41) is 0. The molecular formula is C21H20FNO3S. The Morgan fingerprint density at radius 2 is 1.93 bits per heavy atom. The van der Waals surface area contributed by atoms with Crippen molar-refractivity contribution in [3.05, 3.63) is 59.9 Å². The van der Waals surface area contributed by atoms with Crippen molar-refractivity contribution >= 4 is 29.3 Å². The average molecular weight is 385 g/mol. The van der Waals surface area contributed by atoms with Crippen LogP contribution in [-0.4, -0.2) is 30.3 Å². The fraction of sp³-hybridized carbons (Fsp3) is 0.333. The molecule has 1 amide bonds. The molecular weight excluding hydrogens is 365 g/mol. The number of ether oxygens (including phenoxy) is 1. The number of esters is 1. The third-order valence-electron chi connectivity index (χ3n) is 5.03. The molecule has 0 saturated heterocycles. The molecule has 1 fully saturated rings. The fourth-order valence-corrected chi connectivity index (χ4v) is 4.50. The molecule has 6 heteroatoms. The van der Waals surface area contributed by atoms with Gasteiger partial charge in [-0.15, -0.1) is 11.8 Å². The van der Waals surface area contributed by atoms with Crippen LogP contribution in [0.4, 0.5) is 10.1 Å². The van der Waals surface area contributed by atoms with Crippen molar-refractivity contribution in [2.75, 3.05) is 17.2 Å². The van der Waals surface area contributed by atoms with Crippen LogP contribution in [0.25, 0.3) is 0 Å². The second-order valence-electron chi connectivity index (χ2n) is 6.86. The molecule has 0 unspecified atom stereocenters. The molecule has 0 spiro atoms. The molecule has 0 bridgehead atoms. The first kappa shape index (κ1) is 18.0. The van der Waals surface area contributed by atoms with Crippen LogP contribution in [-0.2, 0) is 14.3 Å². The summed E-state index contributed by atoms with van der Waals surface area (Å²) >= 11 is 1.71. The quantitative estimate of drug-likeness (QED) is 0.747. The first-order valence-corrected chi connectivity index (χ1v) is 10.0. The van der Waals surface area contributed by atoms with E-state index in [4.69, 9.17) is 4.74 Å². The van der Waals surface area contributed by atoms with E-state index >= 15 is 0 Å². The van der Waals surface area contributed by atoms with Crippen LogP contribution in [0.1, 0.15) is 24.8 Å². The lowest BCUT2D eigenvalue weighted by Gasteiger charge is -2.30. The van der Waals surface area contributed by atoms with Crippen LogP contribution in [0.5, 0.6) is 0 Å². The van der Waals surface area contributed by atoms with Gasteiger partial charge in [-0.05, 0) is 37.1 Å². The Kier molecular flexibility index (Phi) is 4.91. The van der Waals surface area contributed by atoms with E-state index in [-0.39, 0.29) is 23.6 Å². The highest BCUT2D eigenvalue weighted by Gasteiger charge is 2.47. The van der Waals surface area contributed by atoms with Gasteiger partial charge in [0.25, 0.3) is 5.91 Å². The minimum atomic E-state index is -0.865. The van der Waals surface area contributed by atoms with E-state index < -0.39 is 12.1 Å². The van der Waals surface area contributed by atoms with Crippen LogP contribution in [0.3, 0.4) is 0 Å². The standard InChI is InChI=1S/C21H20FNO3S/c1-13(20(24)23-10-11-27-19-9-5-4-8-18(19)23)26-21(25)16-12-15(16)14-6-2-3-7-17(14)22/h2-9,13,15-16H,10-12H2,1H3/t13-,15-,16+/m0/s1. The summed E-state index contributed by atoms with van der Waals surface area (Å²) in [4.78, 5) is 28.0. The third-order valence-corrected chi connectivity index (χ3v) is 6.08.